The van der Waals surface area contributed by atoms with Crippen molar-refractivity contribution in [2.75, 3.05) is 0 Å². The molecule has 2 nitrogen and oxygen atoms in total. The van der Waals surface area contributed by atoms with Crippen molar-refractivity contribution in [3.8, 4) is 0 Å². The molecule has 0 saturated carbocycles. The highest BCUT2D eigenvalue weighted by Crippen LogP contribution is 2.23. The Bertz CT molecular complexity index is 495. The summed E-state index contributed by atoms with van der Waals surface area (Å²) in [6, 6.07) is 8.03. The lowest BCUT2D eigenvalue weighted by Gasteiger charge is -1.91. The summed E-state index contributed by atoms with van der Waals surface area (Å²) in [5, 5.41) is 0.818. The maximum Gasteiger partial charge on any atom is 0.209 e. The molecule has 1 aromatic carbocycles. The van der Waals surface area contributed by atoms with Crippen LogP contribution in [0, 0.1) is 13.8 Å². The highest BCUT2D eigenvalue weighted by molar-refractivity contribution is 9.10. The molecule has 0 aliphatic carbocycles. The van der Waals surface area contributed by atoms with Crippen LogP contribution in [-0.4, -0.2) is 11.2 Å². The Hall–Kier alpha value is -1.00. The minimum Gasteiger partial charge on any atom is -0.227 e. The molecule has 0 aliphatic rings. The summed E-state index contributed by atoms with van der Waals surface area (Å²) in [6.45, 7) is 4.07. The first-order chi connectivity index (χ1) is 7.65. The van der Waals surface area contributed by atoms with Gasteiger partial charge < -0.3 is 0 Å². The Balaban J connectivity index is 2.17. The molecule has 0 saturated heterocycles. The van der Waals surface area contributed by atoms with E-state index in [1.54, 1.807) is 11.3 Å². The number of aryl methyl sites for hydroxylation is 2. The van der Waals surface area contributed by atoms with Crippen molar-refractivity contribution in [2.24, 2.45) is 4.99 Å². The lowest BCUT2D eigenvalue weighted by Crippen LogP contribution is -1.78. The number of thiazole rings is 1. The largest absolute Gasteiger partial charge is 0.227 e. The second kappa shape index (κ2) is 4.89. The topological polar surface area (TPSA) is 25.2 Å². The molecule has 0 amide bonds. The molecular formula is C12H11BrN2S. The van der Waals surface area contributed by atoms with E-state index in [0.29, 0.717) is 0 Å². The molecule has 0 spiro atoms. The molecule has 1 aromatic heterocycles. The second-order valence-electron chi connectivity index (χ2n) is 3.45. The number of halogens is 1. The van der Waals surface area contributed by atoms with Crippen LogP contribution in [0.15, 0.2) is 33.7 Å². The summed E-state index contributed by atoms with van der Waals surface area (Å²) in [4.78, 5) is 9.93. The van der Waals surface area contributed by atoms with E-state index in [-0.39, 0.29) is 0 Å². The van der Waals surface area contributed by atoms with Crippen LogP contribution in [0.25, 0.3) is 0 Å². The number of aliphatic imine (C=N–C) groups is 1. The first-order valence-corrected chi connectivity index (χ1v) is 6.50. The van der Waals surface area contributed by atoms with Gasteiger partial charge in [0.25, 0.3) is 0 Å². The Morgan fingerprint density at radius 3 is 2.50 bits per heavy atom. The molecule has 0 radical (unpaired) electrons. The van der Waals surface area contributed by atoms with Crippen molar-refractivity contribution < 1.29 is 0 Å². The summed E-state index contributed by atoms with van der Waals surface area (Å²) in [5.74, 6) is 0. The van der Waals surface area contributed by atoms with Crippen molar-refractivity contribution >= 4 is 38.6 Å². The second-order valence-corrected chi connectivity index (χ2v) is 5.55. The average molecular weight is 295 g/mol. The van der Waals surface area contributed by atoms with Crippen LogP contribution in [-0.2, 0) is 0 Å². The van der Waals surface area contributed by atoms with Gasteiger partial charge in [0.05, 0.1) is 5.69 Å². The van der Waals surface area contributed by atoms with Gasteiger partial charge in [-0.05, 0) is 31.5 Å². The Labute approximate surface area is 107 Å². The van der Waals surface area contributed by atoms with Crippen molar-refractivity contribution in [1.82, 2.24) is 4.98 Å². The summed E-state index contributed by atoms with van der Waals surface area (Å²) in [6.07, 6.45) is 1.84. The Morgan fingerprint density at radius 1 is 1.25 bits per heavy atom. The zero-order chi connectivity index (χ0) is 11.5. The first kappa shape index (κ1) is 11.5. The normalized spacial score (nSPS) is 11.2. The number of hydrogen-bond acceptors (Lipinski definition) is 3. The third-order valence-corrected chi connectivity index (χ3v) is 3.72. The van der Waals surface area contributed by atoms with Crippen molar-refractivity contribution in [1.29, 1.82) is 0 Å². The molecule has 0 fully saturated rings. The van der Waals surface area contributed by atoms with Crippen molar-refractivity contribution in [2.45, 2.75) is 13.8 Å². The van der Waals surface area contributed by atoms with Crippen molar-refractivity contribution in [3.63, 3.8) is 0 Å². The van der Waals surface area contributed by atoms with Crippen LogP contribution in [0.2, 0.25) is 0 Å². The van der Waals surface area contributed by atoms with E-state index in [2.05, 4.69) is 32.8 Å². The van der Waals surface area contributed by atoms with Crippen LogP contribution in [0.5, 0.6) is 0 Å². The lowest BCUT2D eigenvalue weighted by atomic mass is 10.2. The zero-order valence-electron chi connectivity index (χ0n) is 9.07. The Morgan fingerprint density at radius 2 is 1.94 bits per heavy atom. The Kier molecular flexibility index (Phi) is 3.51. The first-order valence-electron chi connectivity index (χ1n) is 4.89. The number of hydrogen-bond donors (Lipinski definition) is 0. The molecule has 1 heterocycles. The number of rotatable bonds is 2. The fraction of sp³-hybridized carbons (Fsp3) is 0.167. The van der Waals surface area contributed by atoms with E-state index in [4.69, 9.17) is 0 Å². The average Bonchev–Trinajstić information content (AvgIpc) is 2.58. The van der Waals surface area contributed by atoms with E-state index in [9.17, 15) is 0 Å². The van der Waals surface area contributed by atoms with Crippen molar-refractivity contribution in [3.05, 3.63) is 44.9 Å². The van der Waals surface area contributed by atoms with Crippen LogP contribution >= 0.6 is 27.3 Å². The number of nitrogens with zero attached hydrogens (tertiary/aromatic N) is 2. The van der Waals surface area contributed by atoms with E-state index in [1.165, 1.54) is 4.88 Å². The molecule has 0 bridgehead atoms. The van der Waals surface area contributed by atoms with Crippen LogP contribution in [0.1, 0.15) is 16.1 Å². The smallest absolute Gasteiger partial charge is 0.209 e. The number of aromatic nitrogens is 1. The number of benzene rings is 1. The molecular weight excluding hydrogens is 284 g/mol. The third kappa shape index (κ3) is 2.77. The fourth-order valence-electron chi connectivity index (χ4n) is 1.19. The van der Waals surface area contributed by atoms with E-state index in [1.807, 2.05) is 37.4 Å². The predicted octanol–water partition coefficient (Wildman–Crippen LogP) is 4.27. The maximum absolute atomic E-state index is 4.35. The van der Waals surface area contributed by atoms with Gasteiger partial charge in [0.1, 0.15) is 0 Å². The van der Waals surface area contributed by atoms with Gasteiger partial charge in [-0.2, -0.15) is 0 Å². The monoisotopic (exact) mass is 294 g/mol. The van der Waals surface area contributed by atoms with Gasteiger partial charge in [-0.25, -0.2) is 9.98 Å². The molecule has 16 heavy (non-hydrogen) atoms. The minimum atomic E-state index is 0.818. The molecule has 0 unspecified atom stereocenters. The summed E-state index contributed by atoms with van der Waals surface area (Å²) in [5.41, 5.74) is 2.14. The summed E-state index contributed by atoms with van der Waals surface area (Å²) in [7, 11) is 0. The SMILES string of the molecule is Cc1nc(N=Cc2ccc(Br)cc2)sc1C. The lowest BCUT2D eigenvalue weighted by molar-refractivity contribution is 1.22. The zero-order valence-corrected chi connectivity index (χ0v) is 11.5. The molecule has 2 aromatic rings. The van der Waals surface area contributed by atoms with Gasteiger partial charge in [0.2, 0.25) is 5.13 Å². The molecule has 0 atom stereocenters. The fourth-order valence-corrected chi connectivity index (χ4v) is 2.21. The van der Waals surface area contributed by atoms with E-state index >= 15 is 0 Å². The summed E-state index contributed by atoms with van der Waals surface area (Å²) >= 11 is 5.02. The van der Waals surface area contributed by atoms with E-state index < -0.39 is 0 Å². The van der Waals surface area contributed by atoms with Crippen LogP contribution in [0.4, 0.5) is 5.13 Å². The predicted molar refractivity (Wildman–Crippen MR) is 73.0 cm³/mol. The third-order valence-electron chi connectivity index (χ3n) is 2.21. The van der Waals surface area contributed by atoms with Crippen LogP contribution < -0.4 is 0 Å². The quantitative estimate of drug-likeness (QED) is 0.759. The van der Waals surface area contributed by atoms with Crippen LogP contribution in [0.3, 0.4) is 0 Å². The molecule has 82 valence electrons. The van der Waals surface area contributed by atoms with Gasteiger partial charge in [-0.1, -0.05) is 39.4 Å². The maximum atomic E-state index is 4.35. The molecule has 4 heteroatoms. The molecule has 0 aliphatic heterocycles. The molecule has 2 rings (SSSR count). The van der Waals surface area contributed by atoms with Gasteiger partial charge in [-0.3, -0.25) is 0 Å². The molecule has 0 N–H and O–H groups in total. The van der Waals surface area contributed by atoms with Gasteiger partial charge in [0, 0.05) is 15.6 Å². The standard InChI is InChI=1S/C12H11BrN2S/c1-8-9(2)16-12(15-8)14-7-10-3-5-11(13)6-4-10/h3-7H,1-2H3. The minimum absolute atomic E-state index is 0.818. The van der Waals surface area contributed by atoms with Gasteiger partial charge in [-0.15, -0.1) is 0 Å². The summed E-state index contributed by atoms with van der Waals surface area (Å²) < 4.78 is 1.07. The van der Waals surface area contributed by atoms with E-state index in [0.717, 1.165) is 20.9 Å². The van der Waals surface area contributed by atoms with Gasteiger partial charge in [0.15, 0.2) is 0 Å². The highest BCUT2D eigenvalue weighted by Gasteiger charge is 2.00. The highest BCUT2D eigenvalue weighted by atomic mass is 79.9. The van der Waals surface area contributed by atoms with Gasteiger partial charge >= 0.3 is 0 Å².